The van der Waals surface area contributed by atoms with Crippen molar-refractivity contribution in [3.05, 3.63) is 72.8 Å². The Morgan fingerprint density at radius 1 is 0.815 bits per heavy atom. The minimum Gasteiger partial charge on any atom is -0.508 e. The first-order valence-corrected chi connectivity index (χ1v) is 8.40. The smallest absolute Gasteiger partial charge is 0.221 e. The normalized spacial score (nSPS) is 10.3. The van der Waals surface area contributed by atoms with E-state index in [-0.39, 0.29) is 17.4 Å². The molecule has 4 aromatic rings. The van der Waals surface area contributed by atoms with Crippen molar-refractivity contribution in [1.82, 2.24) is 0 Å². The van der Waals surface area contributed by atoms with Crippen LogP contribution in [0, 0.1) is 0 Å². The van der Waals surface area contributed by atoms with Crippen LogP contribution in [0.25, 0.3) is 21.5 Å². The van der Waals surface area contributed by atoms with Gasteiger partial charge < -0.3 is 21.3 Å². The second-order valence-electron chi connectivity index (χ2n) is 6.14. The molecule has 1 amide bonds. The molecule has 0 spiro atoms. The van der Waals surface area contributed by atoms with Gasteiger partial charge in [-0.1, -0.05) is 36.4 Å². The fourth-order valence-electron chi connectivity index (χ4n) is 2.84. The number of nitrogens with one attached hydrogen (secondary N) is 1. The first-order valence-electron chi connectivity index (χ1n) is 8.40. The molecule has 0 saturated carbocycles. The number of amides is 1. The summed E-state index contributed by atoms with van der Waals surface area (Å²) in [5, 5.41) is 25.1. The van der Waals surface area contributed by atoms with Gasteiger partial charge in [0.25, 0.3) is 0 Å². The average Bonchev–Trinajstić information content (AvgIpc) is 2.63. The van der Waals surface area contributed by atoms with E-state index in [0.29, 0.717) is 5.69 Å². The Labute approximate surface area is 156 Å². The number of phenolic OH excluding ortho intramolecular Hbond substituents is 2. The summed E-state index contributed by atoms with van der Waals surface area (Å²) in [4.78, 5) is 11.0. The molecule has 0 fully saturated rings. The van der Waals surface area contributed by atoms with Crippen LogP contribution in [0.5, 0.6) is 11.5 Å². The van der Waals surface area contributed by atoms with Gasteiger partial charge in [-0.3, -0.25) is 4.79 Å². The Hall–Kier alpha value is -3.73. The number of phenols is 2. The van der Waals surface area contributed by atoms with Crippen molar-refractivity contribution in [3.63, 3.8) is 0 Å². The lowest BCUT2D eigenvalue weighted by Gasteiger charge is -2.06. The summed E-state index contributed by atoms with van der Waals surface area (Å²) in [6, 6.07) is 21.5. The SMILES string of the molecule is CC(=O)Nc1cccc2ccc(O)cc12.Nc1cccc2ccc(O)cc12. The van der Waals surface area contributed by atoms with Gasteiger partial charge in [0.15, 0.2) is 0 Å². The van der Waals surface area contributed by atoms with Crippen molar-refractivity contribution in [2.24, 2.45) is 0 Å². The largest absolute Gasteiger partial charge is 0.508 e. The summed E-state index contributed by atoms with van der Waals surface area (Å²) in [7, 11) is 0. The Bertz CT molecular complexity index is 1120. The lowest BCUT2D eigenvalue weighted by Crippen LogP contribution is -2.05. The number of anilines is 2. The lowest BCUT2D eigenvalue weighted by molar-refractivity contribution is -0.114. The van der Waals surface area contributed by atoms with Gasteiger partial charge in [-0.2, -0.15) is 0 Å². The van der Waals surface area contributed by atoms with Crippen molar-refractivity contribution in [2.75, 3.05) is 11.1 Å². The maximum Gasteiger partial charge on any atom is 0.221 e. The molecule has 0 aromatic heterocycles. The van der Waals surface area contributed by atoms with E-state index < -0.39 is 0 Å². The molecule has 0 heterocycles. The number of hydrogen-bond acceptors (Lipinski definition) is 4. The number of carbonyl (C=O) groups is 1. The molecular weight excluding hydrogens is 340 g/mol. The summed E-state index contributed by atoms with van der Waals surface area (Å²) in [5.41, 5.74) is 7.13. The van der Waals surface area contributed by atoms with Gasteiger partial charge in [-0.05, 0) is 47.2 Å². The molecule has 4 rings (SSSR count). The highest BCUT2D eigenvalue weighted by Crippen LogP contribution is 2.27. The van der Waals surface area contributed by atoms with E-state index in [4.69, 9.17) is 5.73 Å². The lowest BCUT2D eigenvalue weighted by atomic mass is 10.1. The standard InChI is InChI=1S/C12H11NO2.C10H9NO/c1-8(14)13-12-4-2-3-9-5-6-10(15)7-11(9)12;11-10-3-1-2-7-4-5-8(12)6-9(7)10/h2-7,15H,1H3,(H,13,14);1-6,12H,11H2. The summed E-state index contributed by atoms with van der Waals surface area (Å²) < 4.78 is 0. The molecule has 27 heavy (non-hydrogen) atoms. The average molecular weight is 360 g/mol. The highest BCUT2D eigenvalue weighted by molar-refractivity contribution is 6.01. The van der Waals surface area contributed by atoms with Crippen molar-refractivity contribution < 1.29 is 15.0 Å². The third-order valence-corrected chi connectivity index (χ3v) is 4.08. The van der Waals surface area contributed by atoms with E-state index in [9.17, 15) is 15.0 Å². The molecule has 0 unspecified atom stereocenters. The zero-order valence-corrected chi connectivity index (χ0v) is 14.8. The predicted molar refractivity (Wildman–Crippen MR) is 110 cm³/mol. The van der Waals surface area contributed by atoms with E-state index in [1.807, 2.05) is 48.5 Å². The molecule has 136 valence electrons. The minimum atomic E-state index is -0.120. The number of aromatic hydroxyl groups is 2. The molecule has 0 aliphatic rings. The zero-order valence-electron chi connectivity index (χ0n) is 14.8. The number of nitrogens with two attached hydrogens (primary N) is 1. The molecule has 5 heteroatoms. The van der Waals surface area contributed by atoms with Crippen LogP contribution in [0.3, 0.4) is 0 Å². The van der Waals surface area contributed by atoms with Crippen LogP contribution in [0.1, 0.15) is 6.92 Å². The van der Waals surface area contributed by atoms with Gasteiger partial charge in [0.05, 0.1) is 0 Å². The number of carbonyl (C=O) groups excluding carboxylic acids is 1. The van der Waals surface area contributed by atoms with Gasteiger partial charge in [0.2, 0.25) is 5.91 Å². The molecule has 4 aromatic carbocycles. The van der Waals surface area contributed by atoms with E-state index in [2.05, 4.69) is 5.32 Å². The second-order valence-corrected chi connectivity index (χ2v) is 6.14. The predicted octanol–water partition coefficient (Wildman–Crippen LogP) is 4.63. The van der Waals surface area contributed by atoms with Crippen molar-refractivity contribution in [3.8, 4) is 11.5 Å². The molecule has 0 aliphatic carbocycles. The van der Waals surface area contributed by atoms with Gasteiger partial charge in [-0.15, -0.1) is 0 Å². The Kier molecular flexibility index (Phi) is 5.13. The zero-order chi connectivity index (χ0) is 19.4. The summed E-state index contributed by atoms with van der Waals surface area (Å²) in [5.74, 6) is 0.326. The van der Waals surface area contributed by atoms with Crippen molar-refractivity contribution >= 4 is 38.8 Å². The van der Waals surface area contributed by atoms with Gasteiger partial charge in [-0.25, -0.2) is 0 Å². The van der Waals surface area contributed by atoms with E-state index in [1.165, 1.54) is 6.92 Å². The number of rotatable bonds is 1. The Morgan fingerprint density at radius 3 is 2.00 bits per heavy atom. The van der Waals surface area contributed by atoms with Crippen LogP contribution in [0.4, 0.5) is 11.4 Å². The summed E-state index contributed by atoms with van der Waals surface area (Å²) in [6.45, 7) is 1.46. The van der Waals surface area contributed by atoms with E-state index >= 15 is 0 Å². The highest BCUT2D eigenvalue weighted by atomic mass is 16.3. The maximum atomic E-state index is 11.0. The van der Waals surface area contributed by atoms with Gasteiger partial charge in [0.1, 0.15) is 11.5 Å². The number of nitrogen functional groups attached to an aromatic ring is 1. The first kappa shape index (κ1) is 18.1. The van der Waals surface area contributed by atoms with Crippen molar-refractivity contribution in [2.45, 2.75) is 6.92 Å². The Balaban J connectivity index is 0.000000159. The fraction of sp³-hybridized carbons (Fsp3) is 0.0455. The number of hydrogen-bond donors (Lipinski definition) is 4. The van der Waals surface area contributed by atoms with Crippen LogP contribution in [-0.2, 0) is 4.79 Å². The molecule has 5 nitrogen and oxygen atoms in total. The molecule has 0 aliphatic heterocycles. The third kappa shape index (κ3) is 4.27. The summed E-state index contributed by atoms with van der Waals surface area (Å²) in [6.07, 6.45) is 0. The number of benzene rings is 4. The molecule has 0 radical (unpaired) electrons. The van der Waals surface area contributed by atoms with E-state index in [0.717, 1.165) is 27.2 Å². The topological polar surface area (TPSA) is 95.6 Å². The molecular formula is C22H20N2O3. The van der Waals surface area contributed by atoms with Crippen LogP contribution < -0.4 is 11.1 Å². The van der Waals surface area contributed by atoms with Crippen LogP contribution in [0.15, 0.2) is 72.8 Å². The Morgan fingerprint density at radius 2 is 1.37 bits per heavy atom. The van der Waals surface area contributed by atoms with Crippen molar-refractivity contribution in [1.29, 1.82) is 0 Å². The maximum absolute atomic E-state index is 11.0. The monoisotopic (exact) mass is 360 g/mol. The molecule has 0 bridgehead atoms. The third-order valence-electron chi connectivity index (χ3n) is 4.08. The summed E-state index contributed by atoms with van der Waals surface area (Å²) >= 11 is 0. The van der Waals surface area contributed by atoms with Gasteiger partial charge in [0, 0.05) is 29.1 Å². The van der Waals surface area contributed by atoms with Gasteiger partial charge >= 0.3 is 0 Å². The minimum absolute atomic E-state index is 0.120. The second kappa shape index (κ2) is 7.66. The number of fused-ring (bicyclic) bond motifs is 2. The molecule has 0 saturated heterocycles. The first-order chi connectivity index (χ1) is 12.9. The van der Waals surface area contributed by atoms with Crippen LogP contribution in [-0.4, -0.2) is 16.1 Å². The quantitative estimate of drug-likeness (QED) is 0.372. The van der Waals surface area contributed by atoms with Crippen LogP contribution in [0.2, 0.25) is 0 Å². The van der Waals surface area contributed by atoms with E-state index in [1.54, 1.807) is 24.3 Å². The van der Waals surface area contributed by atoms with Crippen LogP contribution >= 0.6 is 0 Å². The highest BCUT2D eigenvalue weighted by Gasteiger charge is 2.02. The molecule has 5 N–H and O–H groups in total. The fourth-order valence-corrected chi connectivity index (χ4v) is 2.84. The molecule has 0 atom stereocenters.